The van der Waals surface area contributed by atoms with Gasteiger partial charge in [0.2, 0.25) is 11.9 Å². The number of anilines is 4. The number of methoxy groups -OCH3 is 2. The number of nitrogens with zero attached hydrogens (tertiary/aromatic N) is 7. The lowest BCUT2D eigenvalue weighted by Gasteiger charge is -2.24. The van der Waals surface area contributed by atoms with Gasteiger partial charge in [0.25, 0.3) is 0 Å². The predicted octanol–water partition coefficient (Wildman–Crippen LogP) is 6.83. The van der Waals surface area contributed by atoms with Crippen LogP contribution >= 0.6 is 0 Å². The van der Waals surface area contributed by atoms with Crippen molar-refractivity contribution in [3.8, 4) is 40.0 Å². The number of aromatic amines is 1. The van der Waals surface area contributed by atoms with Crippen LogP contribution in [-0.2, 0) is 0 Å². The molecular weight excluding hydrogens is 628 g/mol. The summed E-state index contributed by atoms with van der Waals surface area (Å²) in [6.45, 7) is 1.85. The van der Waals surface area contributed by atoms with Gasteiger partial charge in [-0.1, -0.05) is 36.4 Å². The van der Waals surface area contributed by atoms with Gasteiger partial charge in [0.05, 0.1) is 43.5 Å². The molecule has 0 atom stereocenters. The Balaban J connectivity index is 1.27. The molecule has 3 aromatic carbocycles. The number of ether oxygens (including phenoxy) is 2. The topological polar surface area (TPSA) is 121 Å². The molecular formula is C38H40N10O2. The van der Waals surface area contributed by atoms with Crippen molar-refractivity contribution in [1.29, 1.82) is 0 Å². The highest BCUT2D eigenvalue weighted by atomic mass is 16.5. The molecule has 12 heteroatoms. The number of hydrogen-bond acceptors (Lipinski definition) is 10. The Labute approximate surface area is 290 Å². The van der Waals surface area contributed by atoms with E-state index >= 15 is 0 Å². The summed E-state index contributed by atoms with van der Waals surface area (Å²) >= 11 is 0. The van der Waals surface area contributed by atoms with Gasteiger partial charge in [0, 0.05) is 72.7 Å². The average molecular weight is 669 g/mol. The molecule has 0 aliphatic carbocycles. The fourth-order valence-corrected chi connectivity index (χ4v) is 6.14. The molecule has 4 heterocycles. The number of nitrogens with one attached hydrogen (secondary N) is 3. The van der Waals surface area contributed by atoms with E-state index < -0.39 is 0 Å². The average Bonchev–Trinajstić information content (AvgIpc) is 3.76. The van der Waals surface area contributed by atoms with Crippen LogP contribution in [-0.4, -0.2) is 89.9 Å². The fourth-order valence-electron chi connectivity index (χ4n) is 6.14. The molecule has 0 radical (unpaired) electrons. The van der Waals surface area contributed by atoms with Crippen LogP contribution in [0, 0.1) is 0 Å². The summed E-state index contributed by atoms with van der Waals surface area (Å²) in [6.07, 6.45) is 7.36. The Morgan fingerprint density at radius 1 is 0.800 bits per heavy atom. The van der Waals surface area contributed by atoms with Crippen LogP contribution in [0.15, 0.2) is 91.5 Å². The first-order chi connectivity index (χ1) is 24.4. The summed E-state index contributed by atoms with van der Waals surface area (Å²) in [5.74, 6) is 2.06. The van der Waals surface area contributed by atoms with E-state index in [4.69, 9.17) is 24.4 Å². The van der Waals surface area contributed by atoms with Gasteiger partial charge in [-0.3, -0.25) is 4.57 Å². The van der Waals surface area contributed by atoms with Gasteiger partial charge in [-0.05, 0) is 44.4 Å². The molecule has 3 N–H and O–H groups in total. The lowest BCUT2D eigenvalue weighted by molar-refractivity contribution is 0.412. The Morgan fingerprint density at radius 2 is 1.52 bits per heavy atom. The van der Waals surface area contributed by atoms with E-state index in [2.05, 4.69) is 75.8 Å². The normalized spacial score (nSPS) is 11.3. The number of fused-ring (bicyclic) bond motifs is 2. The molecule has 7 aromatic rings. The standard InChI is InChI=1S/C38H40N10O2/c1-39-30-19-24(15-16-32(30)47(4)18-17-46(2)3)43-37-41-21-33(49-5)36(44-37)28-23-48(31-14-10-8-12-26(28)31)38-42-22-34(50-6)35(45-38)27-20-40-29-13-9-7-11-25(27)29/h7-16,19-23,39-40H,17-18H2,1-6H3,(H,41,43,44). The van der Waals surface area contributed by atoms with Gasteiger partial charge in [-0.2, -0.15) is 0 Å². The number of H-pyrrole nitrogens is 1. The van der Waals surface area contributed by atoms with Crippen molar-refractivity contribution in [2.45, 2.75) is 0 Å². The van der Waals surface area contributed by atoms with Crippen LogP contribution in [0.5, 0.6) is 11.5 Å². The Bertz CT molecular complexity index is 2290. The number of para-hydroxylation sites is 2. The summed E-state index contributed by atoms with van der Waals surface area (Å²) in [4.78, 5) is 27.1. The molecule has 0 amide bonds. The van der Waals surface area contributed by atoms with Crippen molar-refractivity contribution in [3.05, 3.63) is 91.5 Å². The number of likely N-dealkylation sites (N-methyl/N-ethyl adjacent to an activating group) is 2. The predicted molar refractivity (Wildman–Crippen MR) is 201 cm³/mol. The van der Waals surface area contributed by atoms with Gasteiger partial charge in [-0.25, -0.2) is 19.9 Å². The van der Waals surface area contributed by atoms with Gasteiger partial charge in [0.15, 0.2) is 11.5 Å². The number of hydrogen-bond donors (Lipinski definition) is 3. The van der Waals surface area contributed by atoms with E-state index in [0.717, 1.165) is 63.1 Å². The number of benzene rings is 3. The molecule has 50 heavy (non-hydrogen) atoms. The Kier molecular flexibility index (Phi) is 8.92. The third-order valence-corrected chi connectivity index (χ3v) is 8.78. The summed E-state index contributed by atoms with van der Waals surface area (Å²) in [7, 11) is 11.4. The van der Waals surface area contributed by atoms with Gasteiger partial charge >= 0.3 is 0 Å². The first-order valence-corrected chi connectivity index (χ1v) is 16.3. The molecule has 7 rings (SSSR count). The van der Waals surface area contributed by atoms with E-state index in [1.54, 1.807) is 26.6 Å². The number of rotatable bonds is 12. The maximum Gasteiger partial charge on any atom is 0.234 e. The van der Waals surface area contributed by atoms with Crippen LogP contribution in [0.25, 0.3) is 50.3 Å². The summed E-state index contributed by atoms with van der Waals surface area (Å²) in [5.41, 5.74) is 8.01. The molecule has 0 bridgehead atoms. The quantitative estimate of drug-likeness (QED) is 0.128. The van der Waals surface area contributed by atoms with Crippen LogP contribution in [0.3, 0.4) is 0 Å². The van der Waals surface area contributed by atoms with Crippen molar-refractivity contribution in [3.63, 3.8) is 0 Å². The van der Waals surface area contributed by atoms with E-state index in [1.807, 2.05) is 66.5 Å². The number of aromatic nitrogens is 6. The highest BCUT2D eigenvalue weighted by molar-refractivity contribution is 5.98. The van der Waals surface area contributed by atoms with Crippen molar-refractivity contribution in [1.82, 2.24) is 34.4 Å². The zero-order valence-corrected chi connectivity index (χ0v) is 29.0. The van der Waals surface area contributed by atoms with E-state index in [-0.39, 0.29) is 0 Å². The molecule has 254 valence electrons. The van der Waals surface area contributed by atoms with E-state index in [1.165, 1.54) is 0 Å². The monoisotopic (exact) mass is 668 g/mol. The lowest BCUT2D eigenvalue weighted by atomic mass is 10.1. The third-order valence-electron chi connectivity index (χ3n) is 8.78. The maximum atomic E-state index is 5.79. The molecule has 0 aliphatic heterocycles. The minimum absolute atomic E-state index is 0.440. The second-order valence-electron chi connectivity index (χ2n) is 12.2. The maximum absolute atomic E-state index is 5.79. The first-order valence-electron chi connectivity index (χ1n) is 16.3. The van der Waals surface area contributed by atoms with Crippen molar-refractivity contribution >= 4 is 44.8 Å². The second-order valence-corrected chi connectivity index (χ2v) is 12.2. The molecule has 0 spiro atoms. The van der Waals surface area contributed by atoms with Gasteiger partial charge < -0.3 is 34.9 Å². The zero-order chi connectivity index (χ0) is 34.8. The van der Waals surface area contributed by atoms with Crippen LogP contribution in [0.2, 0.25) is 0 Å². The molecule has 4 aromatic heterocycles. The van der Waals surface area contributed by atoms with Crippen molar-refractivity contribution < 1.29 is 9.47 Å². The molecule has 0 unspecified atom stereocenters. The minimum Gasteiger partial charge on any atom is -0.493 e. The molecule has 12 nitrogen and oxygen atoms in total. The lowest BCUT2D eigenvalue weighted by Crippen LogP contribution is -2.28. The molecule has 0 saturated carbocycles. The molecule has 0 saturated heterocycles. The van der Waals surface area contributed by atoms with Gasteiger partial charge in [0.1, 0.15) is 11.4 Å². The first kappa shape index (κ1) is 32.4. The Morgan fingerprint density at radius 3 is 2.28 bits per heavy atom. The second kappa shape index (κ2) is 13.8. The van der Waals surface area contributed by atoms with Crippen LogP contribution in [0.1, 0.15) is 0 Å². The van der Waals surface area contributed by atoms with Crippen molar-refractivity contribution in [2.75, 3.05) is 71.0 Å². The summed E-state index contributed by atoms with van der Waals surface area (Å²) in [5, 5.41) is 8.75. The minimum atomic E-state index is 0.440. The smallest absolute Gasteiger partial charge is 0.234 e. The molecule has 0 fully saturated rings. The van der Waals surface area contributed by atoms with Crippen LogP contribution in [0.4, 0.5) is 23.0 Å². The van der Waals surface area contributed by atoms with E-state index in [9.17, 15) is 0 Å². The summed E-state index contributed by atoms with van der Waals surface area (Å²) < 4.78 is 13.5. The SMILES string of the molecule is CNc1cc(Nc2ncc(OC)c(-c3cn(-c4ncc(OC)c(-c5c[nH]c6ccccc56)n4)c4ccccc34)n2)ccc1N(C)CCN(C)C. The third kappa shape index (κ3) is 6.12. The van der Waals surface area contributed by atoms with Gasteiger partial charge in [-0.15, -0.1) is 0 Å². The zero-order valence-electron chi connectivity index (χ0n) is 29.0. The summed E-state index contributed by atoms with van der Waals surface area (Å²) in [6, 6.07) is 22.4. The molecule has 0 aliphatic rings. The van der Waals surface area contributed by atoms with E-state index in [0.29, 0.717) is 34.8 Å². The Hall–Kier alpha value is -6.14. The van der Waals surface area contributed by atoms with Crippen molar-refractivity contribution in [2.24, 2.45) is 0 Å². The highest BCUT2D eigenvalue weighted by Gasteiger charge is 2.21. The van der Waals surface area contributed by atoms with Crippen LogP contribution < -0.4 is 25.0 Å². The largest absolute Gasteiger partial charge is 0.493 e. The highest BCUT2D eigenvalue weighted by Crippen LogP contribution is 2.38. The fraction of sp³-hybridized carbons (Fsp3) is 0.211.